The molecule has 0 atom stereocenters. The fourth-order valence-corrected chi connectivity index (χ4v) is 0.582. The second kappa shape index (κ2) is 2.61. The standard InChI is InChI=1S/C5H8N2O2/c1-4-2-5(3-6-8)7-9-4/h2,6,8H,3H2,1H3. The molecule has 0 aliphatic carbocycles. The highest BCUT2D eigenvalue weighted by molar-refractivity contribution is 5.02. The number of hydroxylamine groups is 1. The maximum Gasteiger partial charge on any atom is 0.133 e. The second-order valence-corrected chi connectivity index (χ2v) is 1.76. The summed E-state index contributed by atoms with van der Waals surface area (Å²) in [7, 11) is 0. The van der Waals surface area contributed by atoms with Crippen molar-refractivity contribution in [1.29, 1.82) is 0 Å². The first kappa shape index (κ1) is 6.25. The second-order valence-electron chi connectivity index (χ2n) is 1.76. The van der Waals surface area contributed by atoms with E-state index in [1.54, 1.807) is 13.0 Å². The molecular formula is C5H8N2O2. The van der Waals surface area contributed by atoms with E-state index in [2.05, 4.69) is 5.16 Å². The number of hydrogen-bond acceptors (Lipinski definition) is 4. The smallest absolute Gasteiger partial charge is 0.133 e. The van der Waals surface area contributed by atoms with Crippen molar-refractivity contribution in [2.75, 3.05) is 0 Å². The Morgan fingerprint density at radius 3 is 3.11 bits per heavy atom. The number of hydrogen-bond donors (Lipinski definition) is 2. The number of rotatable bonds is 2. The summed E-state index contributed by atoms with van der Waals surface area (Å²) in [6.07, 6.45) is 0. The lowest BCUT2D eigenvalue weighted by atomic mass is 10.4. The lowest BCUT2D eigenvalue weighted by Crippen LogP contribution is -2.05. The first-order valence-electron chi connectivity index (χ1n) is 2.62. The van der Waals surface area contributed by atoms with Gasteiger partial charge < -0.3 is 9.73 Å². The van der Waals surface area contributed by atoms with Gasteiger partial charge in [-0.25, -0.2) is 0 Å². The van der Waals surface area contributed by atoms with Crippen molar-refractivity contribution in [3.8, 4) is 0 Å². The molecule has 0 unspecified atom stereocenters. The maximum atomic E-state index is 8.20. The third-order valence-corrected chi connectivity index (χ3v) is 0.937. The first-order chi connectivity index (χ1) is 4.33. The van der Waals surface area contributed by atoms with Crippen molar-refractivity contribution >= 4 is 0 Å². The van der Waals surface area contributed by atoms with Gasteiger partial charge in [0.05, 0.1) is 12.2 Å². The number of nitrogens with zero attached hydrogens (tertiary/aromatic N) is 1. The van der Waals surface area contributed by atoms with Gasteiger partial charge in [-0.3, -0.25) is 0 Å². The lowest BCUT2D eigenvalue weighted by molar-refractivity contribution is 0.158. The van der Waals surface area contributed by atoms with E-state index in [0.29, 0.717) is 12.2 Å². The Morgan fingerprint density at radius 1 is 1.89 bits per heavy atom. The van der Waals surface area contributed by atoms with Crippen LogP contribution in [0.15, 0.2) is 10.6 Å². The molecule has 0 spiro atoms. The zero-order valence-electron chi connectivity index (χ0n) is 5.09. The highest BCUT2D eigenvalue weighted by Gasteiger charge is 1.96. The molecule has 4 heteroatoms. The van der Waals surface area contributed by atoms with Crippen molar-refractivity contribution in [1.82, 2.24) is 10.6 Å². The predicted molar refractivity (Wildman–Crippen MR) is 29.9 cm³/mol. The number of aromatic nitrogens is 1. The molecule has 0 aromatic carbocycles. The Balaban J connectivity index is 2.61. The third kappa shape index (κ3) is 1.51. The lowest BCUT2D eigenvalue weighted by Gasteiger charge is -1.85. The van der Waals surface area contributed by atoms with Crippen LogP contribution in [0.4, 0.5) is 0 Å². The quantitative estimate of drug-likeness (QED) is 0.568. The zero-order chi connectivity index (χ0) is 6.69. The molecule has 0 radical (unpaired) electrons. The molecule has 0 aliphatic heterocycles. The van der Waals surface area contributed by atoms with Gasteiger partial charge in [-0.15, -0.1) is 0 Å². The average Bonchev–Trinajstić information content (AvgIpc) is 2.17. The van der Waals surface area contributed by atoms with Crippen LogP contribution in [0.2, 0.25) is 0 Å². The van der Waals surface area contributed by atoms with Crippen LogP contribution in [-0.4, -0.2) is 10.4 Å². The van der Waals surface area contributed by atoms with Gasteiger partial charge in [-0.1, -0.05) is 5.16 Å². The summed E-state index contributed by atoms with van der Waals surface area (Å²) in [5, 5.41) is 11.8. The van der Waals surface area contributed by atoms with E-state index >= 15 is 0 Å². The summed E-state index contributed by atoms with van der Waals surface area (Å²) in [5.74, 6) is 0.750. The average molecular weight is 128 g/mol. The molecule has 1 aromatic heterocycles. The first-order valence-corrected chi connectivity index (χ1v) is 2.62. The molecule has 1 rings (SSSR count). The van der Waals surface area contributed by atoms with Gasteiger partial charge in [0.15, 0.2) is 0 Å². The molecule has 0 amide bonds. The molecule has 9 heavy (non-hydrogen) atoms. The van der Waals surface area contributed by atoms with Crippen LogP contribution in [0.1, 0.15) is 11.5 Å². The van der Waals surface area contributed by atoms with Gasteiger partial charge in [-0.2, -0.15) is 5.48 Å². The number of nitrogens with one attached hydrogen (secondary N) is 1. The molecular weight excluding hydrogens is 120 g/mol. The van der Waals surface area contributed by atoms with Crippen LogP contribution >= 0.6 is 0 Å². The van der Waals surface area contributed by atoms with Crippen molar-refractivity contribution in [3.63, 3.8) is 0 Å². The van der Waals surface area contributed by atoms with Crippen molar-refractivity contribution in [2.24, 2.45) is 0 Å². The molecule has 0 fully saturated rings. The van der Waals surface area contributed by atoms with Crippen molar-refractivity contribution in [2.45, 2.75) is 13.5 Å². The summed E-state index contributed by atoms with van der Waals surface area (Å²) in [4.78, 5) is 0. The van der Waals surface area contributed by atoms with Crippen LogP contribution in [-0.2, 0) is 6.54 Å². The molecule has 0 saturated carbocycles. The van der Waals surface area contributed by atoms with E-state index in [1.807, 2.05) is 5.48 Å². The molecule has 4 nitrogen and oxygen atoms in total. The fraction of sp³-hybridized carbons (Fsp3) is 0.400. The van der Waals surface area contributed by atoms with Crippen LogP contribution in [0.5, 0.6) is 0 Å². The van der Waals surface area contributed by atoms with Gasteiger partial charge in [0, 0.05) is 6.07 Å². The fourth-order valence-electron chi connectivity index (χ4n) is 0.582. The zero-order valence-corrected chi connectivity index (χ0v) is 5.09. The van der Waals surface area contributed by atoms with Crippen LogP contribution < -0.4 is 5.48 Å². The van der Waals surface area contributed by atoms with Gasteiger partial charge in [-0.05, 0) is 6.92 Å². The minimum absolute atomic E-state index is 0.331. The summed E-state index contributed by atoms with van der Waals surface area (Å²) < 4.78 is 4.72. The Kier molecular flexibility index (Phi) is 1.81. The SMILES string of the molecule is Cc1cc(CNO)no1. The van der Waals surface area contributed by atoms with Crippen LogP contribution in [0, 0.1) is 6.92 Å². The van der Waals surface area contributed by atoms with Gasteiger partial charge in [0.25, 0.3) is 0 Å². The molecule has 0 bridgehead atoms. The minimum atomic E-state index is 0.331. The van der Waals surface area contributed by atoms with E-state index in [9.17, 15) is 0 Å². The highest BCUT2D eigenvalue weighted by Crippen LogP contribution is 1.99. The van der Waals surface area contributed by atoms with Crippen molar-refractivity contribution < 1.29 is 9.73 Å². The summed E-state index contributed by atoms with van der Waals surface area (Å²) >= 11 is 0. The summed E-state index contributed by atoms with van der Waals surface area (Å²) in [6, 6.07) is 1.75. The van der Waals surface area contributed by atoms with E-state index in [4.69, 9.17) is 9.73 Å². The molecule has 1 aromatic rings. The topological polar surface area (TPSA) is 58.3 Å². The van der Waals surface area contributed by atoms with Crippen molar-refractivity contribution in [3.05, 3.63) is 17.5 Å². The highest BCUT2D eigenvalue weighted by atomic mass is 16.5. The molecule has 2 N–H and O–H groups in total. The molecule has 0 saturated heterocycles. The Morgan fingerprint density at radius 2 is 2.67 bits per heavy atom. The largest absolute Gasteiger partial charge is 0.361 e. The van der Waals surface area contributed by atoms with Gasteiger partial charge in [0.1, 0.15) is 5.76 Å². The molecule has 50 valence electrons. The predicted octanol–water partition coefficient (Wildman–Crippen LogP) is 0.462. The number of aryl methyl sites for hydroxylation is 1. The Hall–Kier alpha value is -0.870. The van der Waals surface area contributed by atoms with Crippen LogP contribution in [0.3, 0.4) is 0 Å². The van der Waals surface area contributed by atoms with E-state index < -0.39 is 0 Å². The van der Waals surface area contributed by atoms with Gasteiger partial charge in [0.2, 0.25) is 0 Å². The Labute approximate surface area is 52.4 Å². The Bertz CT molecular complexity index is 185. The van der Waals surface area contributed by atoms with Gasteiger partial charge >= 0.3 is 0 Å². The molecule has 0 aliphatic rings. The normalized spacial score (nSPS) is 10.0. The van der Waals surface area contributed by atoms with E-state index in [1.165, 1.54) is 0 Å². The monoisotopic (exact) mass is 128 g/mol. The summed E-state index contributed by atoms with van der Waals surface area (Å²) in [6.45, 7) is 2.13. The van der Waals surface area contributed by atoms with Crippen LogP contribution in [0.25, 0.3) is 0 Å². The maximum absolute atomic E-state index is 8.20. The minimum Gasteiger partial charge on any atom is -0.361 e. The third-order valence-electron chi connectivity index (χ3n) is 0.937. The van der Waals surface area contributed by atoms with E-state index in [0.717, 1.165) is 5.76 Å². The molecule has 1 heterocycles. The van der Waals surface area contributed by atoms with E-state index in [-0.39, 0.29) is 0 Å². The summed E-state index contributed by atoms with van der Waals surface area (Å²) in [5.41, 5.74) is 2.68.